The molecular formula is C43H79B2F8N3. The summed E-state index contributed by atoms with van der Waals surface area (Å²) in [4.78, 5) is 0. The van der Waals surface area contributed by atoms with E-state index in [1.165, 1.54) is 193 Å². The minimum Gasteiger partial charge on any atom is -0.418 e. The molecule has 328 valence electrons. The summed E-state index contributed by atoms with van der Waals surface area (Å²) in [5, 5.41) is 0. The number of unbranched alkanes of at least 4 members (excludes halogenated alkanes) is 25. The van der Waals surface area contributed by atoms with Gasteiger partial charge in [0.15, 0.2) is 12.4 Å². The van der Waals surface area contributed by atoms with Gasteiger partial charge >= 0.3 is 14.5 Å². The van der Waals surface area contributed by atoms with Gasteiger partial charge in [-0.1, -0.05) is 160 Å². The largest absolute Gasteiger partial charge is 0.673 e. The fraction of sp³-hybridized carbons (Fsp3) is 0.767. The van der Waals surface area contributed by atoms with E-state index in [0.717, 1.165) is 0 Å². The van der Waals surface area contributed by atoms with E-state index < -0.39 is 14.5 Å². The molecule has 2 aromatic heterocycles. The molecule has 2 aromatic rings. The van der Waals surface area contributed by atoms with Crippen LogP contribution in [0.3, 0.4) is 0 Å². The summed E-state index contributed by atoms with van der Waals surface area (Å²) in [7, 11) is -9.92. The first-order valence-corrected chi connectivity index (χ1v) is 22.1. The first kappa shape index (κ1) is 55.8. The molecule has 0 aromatic carbocycles. The Morgan fingerprint density at radius 1 is 0.446 bits per heavy atom. The minimum absolute atomic E-state index is 1.17. The summed E-state index contributed by atoms with van der Waals surface area (Å²) in [6.07, 6.45) is 55.0. The average Bonchev–Trinajstić information content (AvgIpc) is 3.55. The summed E-state index contributed by atoms with van der Waals surface area (Å²) >= 11 is 0. The van der Waals surface area contributed by atoms with Crippen LogP contribution in [0.1, 0.15) is 194 Å². The molecule has 0 unspecified atom stereocenters. The molecule has 0 spiro atoms. The van der Waals surface area contributed by atoms with Crippen LogP contribution < -0.4 is 9.13 Å². The quantitative estimate of drug-likeness (QED) is 0.0237. The van der Waals surface area contributed by atoms with Gasteiger partial charge < -0.3 is 34.5 Å². The molecule has 0 aliphatic rings. The van der Waals surface area contributed by atoms with Gasteiger partial charge in [0.05, 0.1) is 13.6 Å². The van der Waals surface area contributed by atoms with Gasteiger partial charge in [0.1, 0.15) is 18.9 Å². The molecule has 0 saturated carbocycles. The number of pyridine rings is 1. The lowest BCUT2D eigenvalue weighted by Gasteiger charge is -2.02. The molecule has 56 heavy (non-hydrogen) atoms. The van der Waals surface area contributed by atoms with Crippen LogP contribution >= 0.6 is 0 Å². The Balaban J connectivity index is 0. The molecule has 3 nitrogen and oxygen atoms in total. The van der Waals surface area contributed by atoms with E-state index >= 15 is 0 Å². The highest BCUT2D eigenvalue weighted by Gasteiger charge is 2.21. The van der Waals surface area contributed by atoms with Crippen molar-refractivity contribution in [2.75, 3.05) is 0 Å². The topological polar surface area (TPSA) is 12.7 Å². The molecular weight excluding hydrogens is 732 g/mol. The predicted octanol–water partition coefficient (Wildman–Crippen LogP) is 15.4. The van der Waals surface area contributed by atoms with E-state index in [2.05, 4.69) is 96.1 Å². The van der Waals surface area contributed by atoms with Gasteiger partial charge in [-0.05, 0) is 44.9 Å². The summed E-state index contributed by atoms with van der Waals surface area (Å²) in [6, 6.07) is 6.31. The highest BCUT2D eigenvalue weighted by Crippen LogP contribution is 2.14. The highest BCUT2D eigenvalue weighted by atomic mass is 19.5. The lowest BCUT2D eigenvalue weighted by molar-refractivity contribution is -0.697. The minimum atomic E-state index is -6.00. The van der Waals surface area contributed by atoms with Crippen molar-refractivity contribution in [3.8, 4) is 0 Å². The number of halogens is 8. The number of hydrogen-bond donors (Lipinski definition) is 0. The Morgan fingerprint density at radius 3 is 1.14 bits per heavy atom. The lowest BCUT2D eigenvalue weighted by Crippen LogP contribution is -2.32. The fourth-order valence-electron chi connectivity index (χ4n) is 6.25. The van der Waals surface area contributed by atoms with Crippen molar-refractivity contribution in [3.63, 3.8) is 0 Å². The van der Waals surface area contributed by atoms with Gasteiger partial charge in [0.2, 0.25) is 6.33 Å². The van der Waals surface area contributed by atoms with Crippen molar-refractivity contribution < 1.29 is 43.7 Å². The molecule has 0 amide bonds. The third-order valence-corrected chi connectivity index (χ3v) is 9.30. The van der Waals surface area contributed by atoms with Crippen molar-refractivity contribution in [1.29, 1.82) is 0 Å². The van der Waals surface area contributed by atoms with E-state index in [1.54, 1.807) is 0 Å². The molecule has 0 aliphatic heterocycles. The summed E-state index contributed by atoms with van der Waals surface area (Å²) in [5.41, 5.74) is 0. The molecule has 2 rings (SSSR count). The van der Waals surface area contributed by atoms with Gasteiger partial charge in [-0.15, -0.1) is 0 Å². The third-order valence-electron chi connectivity index (χ3n) is 9.30. The van der Waals surface area contributed by atoms with Crippen molar-refractivity contribution in [3.05, 3.63) is 61.5 Å². The first-order valence-electron chi connectivity index (χ1n) is 22.1. The van der Waals surface area contributed by atoms with Gasteiger partial charge in [0.25, 0.3) is 0 Å². The second-order valence-electron chi connectivity index (χ2n) is 15.0. The molecule has 13 heteroatoms. The van der Waals surface area contributed by atoms with Crippen LogP contribution in [-0.4, -0.2) is 19.1 Å². The van der Waals surface area contributed by atoms with Crippen molar-refractivity contribution >= 4 is 14.5 Å². The van der Waals surface area contributed by atoms with Gasteiger partial charge in [-0.3, -0.25) is 0 Å². The van der Waals surface area contributed by atoms with Gasteiger partial charge in [-0.2, -0.15) is 0 Å². The zero-order valence-electron chi connectivity index (χ0n) is 35.5. The zero-order chi connectivity index (χ0) is 42.0. The van der Waals surface area contributed by atoms with E-state index in [4.69, 9.17) is 0 Å². The zero-order valence-corrected chi connectivity index (χ0v) is 35.5. The van der Waals surface area contributed by atoms with Crippen LogP contribution in [0, 0.1) is 0 Å². The van der Waals surface area contributed by atoms with Crippen LogP contribution in [0.15, 0.2) is 61.5 Å². The van der Waals surface area contributed by atoms with Crippen LogP contribution in [0.2, 0.25) is 0 Å². The summed E-state index contributed by atoms with van der Waals surface area (Å²) in [6.45, 7) is 6.92. The van der Waals surface area contributed by atoms with E-state index in [-0.39, 0.29) is 0 Å². The van der Waals surface area contributed by atoms with Crippen LogP contribution in [0.4, 0.5) is 34.5 Å². The van der Waals surface area contributed by atoms with Gasteiger partial charge in [0, 0.05) is 18.6 Å². The van der Waals surface area contributed by atoms with Crippen molar-refractivity contribution in [2.45, 2.75) is 207 Å². The van der Waals surface area contributed by atoms with Crippen molar-refractivity contribution in [1.82, 2.24) is 4.57 Å². The average molecular weight is 812 g/mol. The Labute approximate surface area is 337 Å². The normalized spacial score (nSPS) is 11.4. The smallest absolute Gasteiger partial charge is 0.418 e. The molecule has 2 heterocycles. The fourth-order valence-corrected chi connectivity index (χ4v) is 6.25. The molecule has 0 aliphatic carbocycles. The van der Waals surface area contributed by atoms with Crippen LogP contribution in [0.25, 0.3) is 0 Å². The maximum Gasteiger partial charge on any atom is 0.673 e. The van der Waals surface area contributed by atoms with E-state index in [1.807, 2.05) is 0 Å². The number of imidazole rings is 1. The SMILES string of the molecule is CCCCCCCC/C=C\CCCCCCCCn1cc[n+](C)c1.CCCCCCCCCCCCCCCC[n+]1ccccc1.F[B-](F)(F)F.F[B-](F)(F)F. The van der Waals surface area contributed by atoms with Crippen molar-refractivity contribution in [2.24, 2.45) is 7.05 Å². The second-order valence-corrected chi connectivity index (χ2v) is 15.0. The molecule has 0 N–H and O–H groups in total. The Kier molecular flexibility index (Phi) is 40.7. The maximum absolute atomic E-state index is 9.75. The molecule has 0 saturated heterocycles. The maximum atomic E-state index is 9.75. The molecule has 0 atom stereocenters. The molecule has 0 radical (unpaired) electrons. The number of hydrogen-bond acceptors (Lipinski definition) is 0. The van der Waals surface area contributed by atoms with Crippen LogP contribution in [0.5, 0.6) is 0 Å². The number of allylic oxidation sites excluding steroid dienone is 2. The number of nitrogens with zero attached hydrogens (tertiary/aromatic N) is 3. The summed E-state index contributed by atoms with van der Waals surface area (Å²) in [5.74, 6) is 0. The number of aryl methyl sites for hydroxylation is 3. The van der Waals surface area contributed by atoms with E-state index in [0.29, 0.717) is 0 Å². The Morgan fingerprint density at radius 2 is 0.786 bits per heavy atom. The number of rotatable bonds is 31. The molecule has 0 fully saturated rings. The monoisotopic (exact) mass is 812 g/mol. The predicted molar refractivity (Wildman–Crippen MR) is 222 cm³/mol. The van der Waals surface area contributed by atoms with Gasteiger partial charge in [-0.25, -0.2) is 13.7 Å². The lowest BCUT2D eigenvalue weighted by atomic mass is 10.0. The van der Waals surface area contributed by atoms with E-state index in [9.17, 15) is 34.5 Å². The summed E-state index contributed by atoms with van der Waals surface area (Å²) < 4.78 is 84.7. The Bertz CT molecular complexity index is 1060. The standard InChI is InChI=1S/C22H41N2.C21H38N.2BF4/c1-3-4-5-6-7-8-9-10-11-12-13-14-15-16-17-18-19-24-21-20-23(2)22-24;1-2-3-4-5-6-7-8-9-10-11-12-13-14-16-19-22-20-17-15-18-21-22;2*2-1(3,4)5/h10-11,20-22H,3-9,12-19H2,1-2H3;15,17-18,20-21H,2-14,16,19H2,1H3;;/q2*+1;2*-1/b11-10-;;;. The third kappa shape index (κ3) is 56.0. The second kappa shape index (κ2) is 40.9. The van der Waals surface area contributed by atoms with Crippen LogP contribution in [-0.2, 0) is 20.1 Å². The molecule has 0 bridgehead atoms. The first-order chi connectivity index (χ1) is 26.8. The number of aromatic nitrogens is 3. The Hall–Kier alpha value is -2.33. The highest BCUT2D eigenvalue weighted by molar-refractivity contribution is 6.50.